The van der Waals surface area contributed by atoms with Crippen LogP contribution in [0.4, 0.5) is 0 Å². The van der Waals surface area contributed by atoms with Gasteiger partial charge in [-0.1, -0.05) is 60.4 Å². The third-order valence-electron chi connectivity index (χ3n) is 5.69. The molecule has 0 spiro atoms. The molecule has 2 amide bonds. The number of amides is 2. The van der Waals surface area contributed by atoms with Crippen LogP contribution in [0, 0.1) is 13.8 Å². The Bertz CT molecular complexity index is 860. The summed E-state index contributed by atoms with van der Waals surface area (Å²) in [6.07, 6.45) is 4.40. The van der Waals surface area contributed by atoms with Crippen LogP contribution in [0.15, 0.2) is 53.4 Å². The van der Waals surface area contributed by atoms with Crippen LogP contribution in [0.2, 0.25) is 0 Å². The largest absolute Gasteiger partial charge is 0.352 e. The van der Waals surface area contributed by atoms with Gasteiger partial charge >= 0.3 is 0 Å². The lowest BCUT2D eigenvalue weighted by Crippen LogP contribution is -2.50. The molecule has 1 saturated carbocycles. The Balaban J connectivity index is 1.70. The zero-order chi connectivity index (χ0) is 21.5. The zero-order valence-corrected chi connectivity index (χ0v) is 19.0. The fourth-order valence-electron chi connectivity index (χ4n) is 3.84. The van der Waals surface area contributed by atoms with Crippen LogP contribution in [0.25, 0.3) is 0 Å². The Hall–Kier alpha value is -2.27. The average Bonchev–Trinajstić information content (AvgIpc) is 3.24. The van der Waals surface area contributed by atoms with Gasteiger partial charge in [0.1, 0.15) is 6.04 Å². The van der Waals surface area contributed by atoms with Crippen molar-refractivity contribution in [3.63, 3.8) is 0 Å². The molecule has 1 aliphatic rings. The van der Waals surface area contributed by atoms with Crippen molar-refractivity contribution in [3.8, 4) is 0 Å². The first-order valence-electron chi connectivity index (χ1n) is 10.8. The monoisotopic (exact) mass is 424 g/mol. The topological polar surface area (TPSA) is 49.4 Å². The van der Waals surface area contributed by atoms with E-state index < -0.39 is 6.04 Å². The van der Waals surface area contributed by atoms with Gasteiger partial charge in [0.2, 0.25) is 11.8 Å². The van der Waals surface area contributed by atoms with Crippen LogP contribution in [-0.2, 0) is 16.1 Å². The van der Waals surface area contributed by atoms with Gasteiger partial charge in [-0.3, -0.25) is 9.59 Å². The molecule has 2 aromatic rings. The lowest BCUT2D eigenvalue weighted by Gasteiger charge is -2.30. The molecule has 0 bridgehead atoms. The van der Waals surface area contributed by atoms with Crippen molar-refractivity contribution >= 4 is 23.6 Å². The summed E-state index contributed by atoms with van der Waals surface area (Å²) >= 11 is 1.52. The first-order chi connectivity index (χ1) is 14.4. The Morgan fingerprint density at radius 3 is 2.43 bits per heavy atom. The SMILES string of the molecule is Cc1ccc(SCC(=O)N(Cc2cccc(C)c2)[C@@H](C)C(=O)NC2CCCC2)cc1. The van der Waals surface area contributed by atoms with Crippen LogP contribution >= 0.6 is 11.8 Å². The van der Waals surface area contributed by atoms with E-state index in [4.69, 9.17) is 0 Å². The van der Waals surface area contributed by atoms with Gasteiger partial charge in [0.15, 0.2) is 0 Å². The van der Waals surface area contributed by atoms with Gasteiger partial charge in [-0.2, -0.15) is 0 Å². The number of thioether (sulfide) groups is 1. The number of hydrogen-bond acceptors (Lipinski definition) is 3. The van der Waals surface area contributed by atoms with E-state index in [1.54, 1.807) is 4.90 Å². The van der Waals surface area contributed by atoms with Gasteiger partial charge in [0.25, 0.3) is 0 Å². The van der Waals surface area contributed by atoms with E-state index in [1.807, 2.05) is 51.1 Å². The van der Waals surface area contributed by atoms with Crippen molar-refractivity contribution < 1.29 is 9.59 Å². The van der Waals surface area contributed by atoms with Crippen molar-refractivity contribution in [1.82, 2.24) is 10.2 Å². The maximum Gasteiger partial charge on any atom is 0.242 e. The Kier molecular flexibility index (Phi) is 7.97. The zero-order valence-electron chi connectivity index (χ0n) is 18.2. The molecule has 1 N–H and O–H groups in total. The average molecular weight is 425 g/mol. The summed E-state index contributed by atoms with van der Waals surface area (Å²) in [7, 11) is 0. The number of nitrogens with one attached hydrogen (secondary N) is 1. The maximum absolute atomic E-state index is 13.2. The summed E-state index contributed by atoms with van der Waals surface area (Å²) in [5.41, 5.74) is 3.39. The summed E-state index contributed by atoms with van der Waals surface area (Å²) in [4.78, 5) is 28.9. The second kappa shape index (κ2) is 10.7. The highest BCUT2D eigenvalue weighted by Gasteiger charge is 2.28. The van der Waals surface area contributed by atoms with Gasteiger partial charge < -0.3 is 10.2 Å². The third-order valence-corrected chi connectivity index (χ3v) is 6.68. The molecule has 4 nitrogen and oxygen atoms in total. The number of aryl methyl sites for hydroxylation is 2. The number of nitrogens with zero attached hydrogens (tertiary/aromatic N) is 1. The number of carbonyl (C=O) groups excluding carboxylic acids is 2. The smallest absolute Gasteiger partial charge is 0.242 e. The van der Waals surface area contributed by atoms with E-state index >= 15 is 0 Å². The summed E-state index contributed by atoms with van der Waals surface area (Å²) in [5, 5.41) is 3.15. The molecule has 1 aliphatic carbocycles. The molecule has 1 atom stereocenters. The van der Waals surface area contributed by atoms with Crippen LogP contribution in [0.5, 0.6) is 0 Å². The molecular weight excluding hydrogens is 392 g/mol. The van der Waals surface area contributed by atoms with E-state index in [-0.39, 0.29) is 17.9 Å². The summed E-state index contributed by atoms with van der Waals surface area (Å²) in [6.45, 7) is 6.37. The number of benzene rings is 2. The predicted octanol–water partition coefficient (Wildman–Crippen LogP) is 4.87. The standard InChI is InChI=1S/C25H32N2O2S/c1-18-11-13-23(14-12-18)30-17-24(28)27(16-21-8-6-7-19(2)15-21)20(3)25(29)26-22-9-4-5-10-22/h6-8,11-15,20,22H,4-5,9-10,16-17H2,1-3H3,(H,26,29)/t20-/m0/s1. The molecule has 30 heavy (non-hydrogen) atoms. The lowest BCUT2D eigenvalue weighted by atomic mass is 10.1. The lowest BCUT2D eigenvalue weighted by molar-refractivity contribution is -0.138. The molecule has 0 saturated heterocycles. The second-order valence-corrected chi connectivity index (χ2v) is 9.33. The summed E-state index contributed by atoms with van der Waals surface area (Å²) in [6, 6.07) is 16.1. The fraction of sp³-hybridized carbons (Fsp3) is 0.440. The fourth-order valence-corrected chi connectivity index (χ4v) is 4.63. The summed E-state index contributed by atoms with van der Waals surface area (Å²) in [5.74, 6) is 0.245. The van der Waals surface area contributed by atoms with E-state index in [0.717, 1.165) is 28.9 Å². The van der Waals surface area contributed by atoms with Crippen molar-refractivity contribution in [2.45, 2.75) is 70.0 Å². The molecular formula is C25H32N2O2S. The molecule has 0 aliphatic heterocycles. The maximum atomic E-state index is 13.2. The first kappa shape index (κ1) is 22.4. The van der Waals surface area contributed by atoms with E-state index in [1.165, 1.54) is 30.2 Å². The van der Waals surface area contributed by atoms with Crippen molar-refractivity contribution in [2.75, 3.05) is 5.75 Å². The van der Waals surface area contributed by atoms with Crippen LogP contribution in [0.1, 0.15) is 49.3 Å². The van der Waals surface area contributed by atoms with Crippen LogP contribution in [0.3, 0.4) is 0 Å². The highest BCUT2D eigenvalue weighted by atomic mass is 32.2. The normalized spacial score (nSPS) is 15.0. The third kappa shape index (κ3) is 6.36. The van der Waals surface area contributed by atoms with Crippen molar-refractivity contribution in [2.24, 2.45) is 0 Å². The van der Waals surface area contributed by atoms with Gasteiger partial charge in [-0.05, 0) is 51.3 Å². The number of rotatable bonds is 8. The second-order valence-electron chi connectivity index (χ2n) is 8.28. The van der Waals surface area contributed by atoms with E-state index in [2.05, 4.69) is 23.5 Å². The molecule has 0 radical (unpaired) electrons. The van der Waals surface area contributed by atoms with Crippen molar-refractivity contribution in [1.29, 1.82) is 0 Å². The van der Waals surface area contributed by atoms with Gasteiger partial charge in [0.05, 0.1) is 5.75 Å². The molecule has 2 aromatic carbocycles. The molecule has 0 heterocycles. The Labute approximate surface area is 184 Å². The molecule has 0 unspecified atom stereocenters. The van der Waals surface area contributed by atoms with Crippen molar-refractivity contribution in [3.05, 3.63) is 65.2 Å². The minimum Gasteiger partial charge on any atom is -0.352 e. The first-order valence-corrected chi connectivity index (χ1v) is 11.8. The molecule has 1 fully saturated rings. The molecule has 3 rings (SSSR count). The van der Waals surface area contributed by atoms with Gasteiger partial charge in [0, 0.05) is 17.5 Å². The minimum absolute atomic E-state index is 0.0175. The van der Waals surface area contributed by atoms with Gasteiger partial charge in [-0.15, -0.1) is 11.8 Å². The van der Waals surface area contributed by atoms with E-state index in [0.29, 0.717) is 12.3 Å². The predicted molar refractivity (Wildman–Crippen MR) is 123 cm³/mol. The molecule has 0 aromatic heterocycles. The highest BCUT2D eigenvalue weighted by molar-refractivity contribution is 8.00. The van der Waals surface area contributed by atoms with Crippen LogP contribution < -0.4 is 5.32 Å². The Morgan fingerprint density at radius 1 is 1.07 bits per heavy atom. The summed E-state index contributed by atoms with van der Waals surface area (Å²) < 4.78 is 0. The Morgan fingerprint density at radius 2 is 1.77 bits per heavy atom. The molecule has 5 heteroatoms. The number of carbonyl (C=O) groups is 2. The quantitative estimate of drug-likeness (QED) is 0.615. The van der Waals surface area contributed by atoms with Crippen LogP contribution in [-0.4, -0.2) is 34.6 Å². The highest BCUT2D eigenvalue weighted by Crippen LogP contribution is 2.21. The van der Waals surface area contributed by atoms with Gasteiger partial charge in [-0.25, -0.2) is 0 Å². The van der Waals surface area contributed by atoms with E-state index in [9.17, 15) is 9.59 Å². The number of hydrogen-bond donors (Lipinski definition) is 1. The molecule has 160 valence electrons. The minimum atomic E-state index is -0.503.